The molecule has 21 heavy (non-hydrogen) atoms. The number of thioether (sulfide) groups is 1. The molecule has 2 saturated heterocycles. The summed E-state index contributed by atoms with van der Waals surface area (Å²) in [5.41, 5.74) is 0. The Morgan fingerprint density at radius 1 is 1.33 bits per heavy atom. The van der Waals surface area contributed by atoms with Gasteiger partial charge in [-0.3, -0.25) is 9.59 Å². The van der Waals surface area contributed by atoms with Gasteiger partial charge in [0.25, 0.3) is 0 Å². The van der Waals surface area contributed by atoms with Gasteiger partial charge in [-0.25, -0.2) is 0 Å². The largest absolute Gasteiger partial charge is 0.356 e. The monoisotopic (exact) mass is 313 g/mol. The van der Waals surface area contributed by atoms with E-state index in [1.165, 1.54) is 0 Å². The lowest BCUT2D eigenvalue weighted by molar-refractivity contribution is -0.137. The summed E-state index contributed by atoms with van der Waals surface area (Å²) in [4.78, 5) is 26.3. The molecule has 2 N–H and O–H groups in total. The van der Waals surface area contributed by atoms with E-state index in [4.69, 9.17) is 0 Å². The Kier molecular flexibility index (Phi) is 6.83. The van der Waals surface area contributed by atoms with Gasteiger partial charge in [0.2, 0.25) is 11.8 Å². The Morgan fingerprint density at radius 3 is 2.71 bits per heavy atom. The van der Waals surface area contributed by atoms with Crippen LogP contribution in [0, 0.1) is 5.92 Å². The average molecular weight is 313 g/mol. The molecule has 120 valence electrons. The number of likely N-dealkylation sites (tertiary alicyclic amines) is 1. The number of unbranched alkanes of at least 4 members (excludes halogenated alkanes) is 1. The Morgan fingerprint density at radius 2 is 2.10 bits per heavy atom. The van der Waals surface area contributed by atoms with E-state index >= 15 is 0 Å². The topological polar surface area (TPSA) is 61.4 Å². The van der Waals surface area contributed by atoms with Gasteiger partial charge in [0.05, 0.1) is 6.04 Å². The molecule has 2 aliphatic heterocycles. The van der Waals surface area contributed by atoms with Crippen molar-refractivity contribution in [3.8, 4) is 0 Å². The first-order chi connectivity index (χ1) is 10.2. The Labute approximate surface area is 131 Å². The van der Waals surface area contributed by atoms with Crippen molar-refractivity contribution in [1.82, 2.24) is 15.5 Å². The number of nitrogens with zero attached hydrogens (tertiary/aromatic N) is 1. The van der Waals surface area contributed by atoms with E-state index < -0.39 is 0 Å². The Hall–Kier alpha value is -0.750. The van der Waals surface area contributed by atoms with Crippen LogP contribution in [-0.4, -0.2) is 60.4 Å². The van der Waals surface area contributed by atoms with E-state index in [2.05, 4.69) is 17.6 Å². The fourth-order valence-electron chi connectivity index (χ4n) is 2.84. The lowest BCUT2D eigenvalue weighted by Crippen LogP contribution is -2.53. The number of hydrogen-bond donors (Lipinski definition) is 2. The Bertz CT molecular complexity index is 351. The van der Waals surface area contributed by atoms with Crippen molar-refractivity contribution >= 4 is 23.6 Å². The molecule has 0 saturated carbocycles. The summed E-state index contributed by atoms with van der Waals surface area (Å²) < 4.78 is 0. The molecular weight excluding hydrogens is 286 g/mol. The molecule has 2 amide bonds. The van der Waals surface area contributed by atoms with Crippen LogP contribution in [0.1, 0.15) is 32.6 Å². The van der Waals surface area contributed by atoms with E-state index in [0.717, 1.165) is 50.3 Å². The molecule has 0 spiro atoms. The fraction of sp³-hybridized carbons (Fsp3) is 0.867. The number of piperidine rings is 1. The minimum atomic E-state index is -0.0290. The van der Waals surface area contributed by atoms with Gasteiger partial charge in [0, 0.05) is 43.6 Å². The van der Waals surface area contributed by atoms with Crippen molar-refractivity contribution in [3.05, 3.63) is 0 Å². The molecule has 0 aromatic rings. The van der Waals surface area contributed by atoms with Gasteiger partial charge >= 0.3 is 0 Å². The minimum Gasteiger partial charge on any atom is -0.356 e. The molecule has 6 heteroatoms. The molecule has 1 atom stereocenters. The third-order valence-corrected chi connectivity index (χ3v) is 5.29. The number of hydrogen-bond acceptors (Lipinski definition) is 4. The second kappa shape index (κ2) is 8.63. The highest BCUT2D eigenvalue weighted by Gasteiger charge is 2.31. The van der Waals surface area contributed by atoms with Crippen molar-refractivity contribution in [3.63, 3.8) is 0 Å². The zero-order chi connectivity index (χ0) is 15.1. The summed E-state index contributed by atoms with van der Waals surface area (Å²) in [5, 5.41) is 6.30. The third-order valence-electron chi connectivity index (χ3n) is 4.23. The molecule has 0 radical (unpaired) electrons. The fourth-order valence-corrected chi connectivity index (χ4v) is 3.76. The summed E-state index contributed by atoms with van der Waals surface area (Å²) in [6.45, 7) is 5.24. The molecule has 2 rings (SSSR count). The minimum absolute atomic E-state index is 0.0290. The molecule has 0 bridgehead atoms. The number of amides is 2. The maximum atomic E-state index is 12.4. The predicted molar refractivity (Wildman–Crippen MR) is 86.3 cm³/mol. The molecular formula is C15H27N3O2S. The highest BCUT2D eigenvalue weighted by molar-refractivity contribution is 7.99. The molecule has 5 nitrogen and oxygen atoms in total. The van der Waals surface area contributed by atoms with E-state index in [1.54, 1.807) is 0 Å². The molecule has 1 unspecified atom stereocenters. The molecule has 0 aromatic carbocycles. The second-order valence-corrected chi connectivity index (χ2v) is 6.98. The maximum Gasteiger partial charge on any atom is 0.240 e. The van der Waals surface area contributed by atoms with Crippen molar-refractivity contribution in [2.24, 2.45) is 5.92 Å². The van der Waals surface area contributed by atoms with Crippen molar-refractivity contribution in [2.75, 3.05) is 37.7 Å². The van der Waals surface area contributed by atoms with Crippen molar-refractivity contribution in [2.45, 2.75) is 38.6 Å². The van der Waals surface area contributed by atoms with E-state index in [-0.39, 0.29) is 23.8 Å². The zero-order valence-corrected chi connectivity index (χ0v) is 13.7. The zero-order valence-electron chi connectivity index (χ0n) is 12.9. The first kappa shape index (κ1) is 16.6. The molecule has 2 fully saturated rings. The molecule has 2 aliphatic rings. The van der Waals surface area contributed by atoms with Gasteiger partial charge in [0.1, 0.15) is 0 Å². The average Bonchev–Trinajstić information content (AvgIpc) is 2.55. The highest BCUT2D eigenvalue weighted by atomic mass is 32.2. The normalized spacial score (nSPS) is 23.9. The number of carbonyl (C=O) groups is 2. The summed E-state index contributed by atoms with van der Waals surface area (Å²) in [7, 11) is 0. The highest BCUT2D eigenvalue weighted by Crippen LogP contribution is 2.19. The molecule has 2 heterocycles. The van der Waals surface area contributed by atoms with Gasteiger partial charge in [-0.2, -0.15) is 11.8 Å². The van der Waals surface area contributed by atoms with Crippen LogP contribution in [0.2, 0.25) is 0 Å². The van der Waals surface area contributed by atoms with Gasteiger partial charge in [0.15, 0.2) is 0 Å². The van der Waals surface area contributed by atoms with Crippen molar-refractivity contribution < 1.29 is 9.59 Å². The quantitative estimate of drug-likeness (QED) is 0.739. The van der Waals surface area contributed by atoms with Gasteiger partial charge in [-0.15, -0.1) is 0 Å². The maximum absolute atomic E-state index is 12.4. The summed E-state index contributed by atoms with van der Waals surface area (Å²) >= 11 is 1.84. The standard InChI is InChI=1S/C15H27N3O2S/c1-2-3-6-17-14(19)12-4-8-18(9-5-12)15(20)13-11-21-10-7-16-13/h12-13,16H,2-11H2,1H3,(H,17,19). The van der Waals surface area contributed by atoms with E-state index in [0.29, 0.717) is 13.1 Å². The van der Waals surface area contributed by atoms with Crippen LogP contribution in [0.3, 0.4) is 0 Å². The van der Waals surface area contributed by atoms with Gasteiger partial charge in [-0.05, 0) is 19.3 Å². The van der Waals surface area contributed by atoms with E-state index in [9.17, 15) is 9.59 Å². The Balaban J connectivity index is 1.72. The second-order valence-electron chi connectivity index (χ2n) is 5.83. The molecule has 0 aliphatic carbocycles. The van der Waals surface area contributed by atoms with Crippen LogP contribution >= 0.6 is 11.8 Å². The molecule has 0 aromatic heterocycles. The smallest absolute Gasteiger partial charge is 0.240 e. The summed E-state index contributed by atoms with van der Waals surface area (Å²) in [6.07, 6.45) is 3.72. The van der Waals surface area contributed by atoms with Crippen molar-refractivity contribution in [1.29, 1.82) is 0 Å². The summed E-state index contributed by atoms with van der Waals surface area (Å²) in [6, 6.07) is -0.0290. The van der Waals surface area contributed by atoms with Crippen LogP contribution in [0.25, 0.3) is 0 Å². The van der Waals surface area contributed by atoms with Crippen LogP contribution < -0.4 is 10.6 Å². The SMILES string of the molecule is CCCCNC(=O)C1CCN(C(=O)C2CSCCN2)CC1. The van der Waals surface area contributed by atoms with Crippen LogP contribution in [0.15, 0.2) is 0 Å². The lowest BCUT2D eigenvalue weighted by Gasteiger charge is -2.34. The number of rotatable bonds is 5. The lowest BCUT2D eigenvalue weighted by atomic mass is 9.95. The number of carbonyl (C=O) groups excluding carboxylic acids is 2. The van der Waals surface area contributed by atoms with Gasteiger partial charge < -0.3 is 15.5 Å². The first-order valence-electron chi connectivity index (χ1n) is 8.10. The predicted octanol–water partition coefficient (Wildman–Crippen LogP) is 0.846. The third kappa shape index (κ3) is 4.88. The number of nitrogens with one attached hydrogen (secondary N) is 2. The van der Waals surface area contributed by atoms with Crippen LogP contribution in [0.4, 0.5) is 0 Å². The first-order valence-corrected chi connectivity index (χ1v) is 9.25. The van der Waals surface area contributed by atoms with E-state index in [1.807, 2.05) is 16.7 Å². The van der Waals surface area contributed by atoms with Crippen LogP contribution in [-0.2, 0) is 9.59 Å². The van der Waals surface area contributed by atoms with Crippen LogP contribution in [0.5, 0.6) is 0 Å². The van der Waals surface area contributed by atoms with Gasteiger partial charge in [-0.1, -0.05) is 13.3 Å². The summed E-state index contributed by atoms with van der Waals surface area (Å²) in [5.74, 6) is 2.42.